The molecule has 0 radical (unpaired) electrons. The van der Waals surface area contributed by atoms with Crippen molar-refractivity contribution in [1.29, 1.82) is 0 Å². The van der Waals surface area contributed by atoms with Crippen molar-refractivity contribution in [1.82, 2.24) is 9.47 Å². The van der Waals surface area contributed by atoms with Crippen LogP contribution < -0.4 is 10.1 Å². The van der Waals surface area contributed by atoms with Gasteiger partial charge in [0.25, 0.3) is 0 Å². The normalized spacial score (nSPS) is 15.9. The Balaban J connectivity index is 1.70. The molecule has 1 N–H and O–H groups in total. The number of urea groups is 1. The molecule has 1 aromatic heterocycles. The fraction of sp³-hybridized carbons (Fsp3) is 0.190. The zero-order chi connectivity index (χ0) is 18.8. The largest absolute Gasteiger partial charge is 0.495 e. The molecule has 0 unspecified atom stereocenters. The number of amides is 2. The summed E-state index contributed by atoms with van der Waals surface area (Å²) in [5.41, 5.74) is 1.95. The Labute approximate surface area is 157 Å². The molecule has 5 nitrogen and oxygen atoms in total. The van der Waals surface area contributed by atoms with Crippen LogP contribution in [0, 0.1) is 5.82 Å². The van der Waals surface area contributed by atoms with E-state index in [9.17, 15) is 9.18 Å². The van der Waals surface area contributed by atoms with Crippen LogP contribution in [0.3, 0.4) is 0 Å². The van der Waals surface area contributed by atoms with Crippen LogP contribution in [-0.4, -0.2) is 29.2 Å². The van der Waals surface area contributed by atoms with Gasteiger partial charge in [0.15, 0.2) is 0 Å². The quantitative estimate of drug-likeness (QED) is 0.753. The lowest BCUT2D eigenvalue weighted by atomic mass is 9.99. The van der Waals surface area contributed by atoms with Crippen molar-refractivity contribution >= 4 is 11.7 Å². The van der Waals surface area contributed by atoms with Gasteiger partial charge in [-0.05, 0) is 30.3 Å². The van der Waals surface area contributed by atoms with Gasteiger partial charge in [0, 0.05) is 30.5 Å². The van der Waals surface area contributed by atoms with Gasteiger partial charge in [-0.15, -0.1) is 0 Å². The lowest BCUT2D eigenvalue weighted by molar-refractivity contribution is 0.180. The number of hydrogen-bond acceptors (Lipinski definition) is 2. The summed E-state index contributed by atoms with van der Waals surface area (Å²) in [5.74, 6) is 0.251. The number of hydrogen-bond donors (Lipinski definition) is 1. The number of ether oxygens (including phenoxy) is 1. The number of carbonyl (C=O) groups is 1. The van der Waals surface area contributed by atoms with Crippen molar-refractivity contribution in [2.45, 2.75) is 12.6 Å². The summed E-state index contributed by atoms with van der Waals surface area (Å²) in [6, 6.07) is 16.9. The van der Waals surface area contributed by atoms with E-state index >= 15 is 0 Å². The topological polar surface area (TPSA) is 46.5 Å². The molecule has 3 aromatic rings. The highest BCUT2D eigenvalue weighted by atomic mass is 19.1. The Morgan fingerprint density at radius 1 is 1.07 bits per heavy atom. The lowest BCUT2D eigenvalue weighted by Crippen LogP contribution is -2.44. The highest BCUT2D eigenvalue weighted by Gasteiger charge is 2.34. The molecule has 27 heavy (non-hydrogen) atoms. The van der Waals surface area contributed by atoms with E-state index < -0.39 is 6.04 Å². The minimum absolute atomic E-state index is 0.291. The number of aromatic nitrogens is 1. The third-order valence-electron chi connectivity index (χ3n) is 4.85. The predicted octanol–water partition coefficient (Wildman–Crippen LogP) is 4.27. The van der Waals surface area contributed by atoms with Crippen molar-refractivity contribution in [2.75, 3.05) is 19.0 Å². The van der Waals surface area contributed by atoms with Gasteiger partial charge in [0.2, 0.25) is 0 Å². The first kappa shape index (κ1) is 17.1. The van der Waals surface area contributed by atoms with Crippen molar-refractivity contribution in [3.63, 3.8) is 0 Å². The van der Waals surface area contributed by atoms with Crippen molar-refractivity contribution in [3.8, 4) is 5.75 Å². The first-order valence-corrected chi connectivity index (χ1v) is 8.79. The van der Waals surface area contributed by atoms with E-state index in [1.165, 1.54) is 6.07 Å². The van der Waals surface area contributed by atoms with Crippen LogP contribution in [0.1, 0.15) is 17.3 Å². The van der Waals surface area contributed by atoms with Crippen LogP contribution in [0.2, 0.25) is 0 Å². The van der Waals surface area contributed by atoms with Gasteiger partial charge in [-0.25, -0.2) is 9.18 Å². The number of benzene rings is 2. The number of rotatable bonds is 3. The van der Waals surface area contributed by atoms with E-state index in [1.807, 2.05) is 30.5 Å². The summed E-state index contributed by atoms with van der Waals surface area (Å²) in [6.07, 6.45) is 1.96. The second-order valence-corrected chi connectivity index (χ2v) is 6.37. The number of nitrogens with one attached hydrogen (secondary N) is 1. The minimum Gasteiger partial charge on any atom is -0.495 e. The average Bonchev–Trinajstić information content (AvgIpc) is 3.17. The molecule has 1 atom stereocenters. The molecule has 2 amide bonds. The Hall–Kier alpha value is -3.28. The van der Waals surface area contributed by atoms with E-state index in [2.05, 4.69) is 9.88 Å². The molecular formula is C21H20FN3O2. The predicted molar refractivity (Wildman–Crippen MR) is 101 cm³/mol. The third-order valence-corrected chi connectivity index (χ3v) is 4.85. The van der Waals surface area contributed by atoms with Crippen molar-refractivity contribution in [3.05, 3.63) is 83.9 Å². The molecule has 0 spiro atoms. The summed E-state index contributed by atoms with van der Waals surface area (Å²) in [4.78, 5) is 14.8. The number of nitrogens with zero attached hydrogens (tertiary/aromatic N) is 2. The van der Waals surface area contributed by atoms with Crippen LogP contribution in [0.15, 0.2) is 66.9 Å². The molecule has 138 valence electrons. The Bertz CT molecular complexity index is 969. The molecule has 0 fully saturated rings. The molecule has 0 bridgehead atoms. The molecule has 0 saturated heterocycles. The van der Waals surface area contributed by atoms with Gasteiger partial charge in [-0.3, -0.25) is 0 Å². The second-order valence-electron chi connectivity index (χ2n) is 6.37. The summed E-state index contributed by atoms with van der Waals surface area (Å²) in [5, 5.41) is 2.90. The van der Waals surface area contributed by atoms with E-state index in [4.69, 9.17) is 4.74 Å². The zero-order valence-corrected chi connectivity index (χ0v) is 14.9. The maximum atomic E-state index is 14.6. The van der Waals surface area contributed by atoms with Gasteiger partial charge in [-0.1, -0.05) is 30.3 Å². The van der Waals surface area contributed by atoms with Crippen molar-refractivity contribution < 1.29 is 13.9 Å². The first-order chi connectivity index (χ1) is 13.2. The fourth-order valence-corrected chi connectivity index (χ4v) is 3.56. The highest BCUT2D eigenvalue weighted by molar-refractivity contribution is 5.91. The monoisotopic (exact) mass is 365 g/mol. The molecule has 2 heterocycles. The average molecular weight is 365 g/mol. The van der Waals surface area contributed by atoms with Gasteiger partial charge in [0.1, 0.15) is 17.6 Å². The second kappa shape index (κ2) is 7.15. The summed E-state index contributed by atoms with van der Waals surface area (Å²) in [7, 11) is 1.56. The van der Waals surface area contributed by atoms with Gasteiger partial charge < -0.3 is 19.5 Å². The Morgan fingerprint density at radius 3 is 2.67 bits per heavy atom. The summed E-state index contributed by atoms with van der Waals surface area (Å²) in [6.45, 7) is 1.13. The number of fused-ring (bicyclic) bond motifs is 1. The van der Waals surface area contributed by atoms with Gasteiger partial charge >= 0.3 is 6.03 Å². The van der Waals surface area contributed by atoms with Crippen LogP contribution in [0.4, 0.5) is 14.9 Å². The Morgan fingerprint density at radius 2 is 1.85 bits per heavy atom. The number of carbonyl (C=O) groups excluding carboxylic acids is 1. The smallest absolute Gasteiger partial charge is 0.322 e. The molecule has 6 heteroatoms. The van der Waals surface area contributed by atoms with E-state index in [0.717, 1.165) is 5.69 Å². The summed E-state index contributed by atoms with van der Waals surface area (Å²) < 4.78 is 21.9. The standard InChI is InChI=1S/C21H20FN3O2/c1-27-19-11-5-4-9-17(19)23-21(26)25-14-13-24-12-6-10-18(24)20(25)15-7-2-3-8-16(15)22/h2-12,20H,13-14H2,1H3,(H,23,26)/t20-/m1/s1. The lowest BCUT2D eigenvalue weighted by Gasteiger charge is -2.37. The first-order valence-electron chi connectivity index (χ1n) is 8.79. The van der Waals surface area contributed by atoms with Crippen molar-refractivity contribution in [2.24, 2.45) is 0 Å². The third kappa shape index (κ3) is 3.14. The molecule has 1 aliphatic heterocycles. The molecule has 1 aliphatic rings. The molecule has 0 saturated carbocycles. The number of methoxy groups -OCH3 is 1. The van der Waals surface area contributed by atoms with E-state index in [-0.39, 0.29) is 11.8 Å². The molecule has 4 rings (SSSR count). The number of para-hydroxylation sites is 2. The molecule has 2 aromatic carbocycles. The summed E-state index contributed by atoms with van der Waals surface area (Å²) >= 11 is 0. The Kier molecular flexibility index (Phi) is 4.54. The maximum absolute atomic E-state index is 14.6. The van der Waals surface area contributed by atoms with Gasteiger partial charge in [-0.2, -0.15) is 0 Å². The minimum atomic E-state index is -0.496. The van der Waals surface area contributed by atoms with E-state index in [1.54, 1.807) is 42.3 Å². The van der Waals surface area contributed by atoms with Crippen LogP contribution >= 0.6 is 0 Å². The van der Waals surface area contributed by atoms with E-state index in [0.29, 0.717) is 30.1 Å². The molecule has 0 aliphatic carbocycles. The zero-order valence-electron chi connectivity index (χ0n) is 14.9. The fourth-order valence-electron chi connectivity index (χ4n) is 3.56. The number of anilines is 1. The van der Waals surface area contributed by atoms with Gasteiger partial charge in [0.05, 0.1) is 12.8 Å². The van der Waals surface area contributed by atoms with Crippen LogP contribution in [0.25, 0.3) is 0 Å². The maximum Gasteiger partial charge on any atom is 0.322 e. The molecular weight excluding hydrogens is 345 g/mol. The number of halogens is 1. The van der Waals surface area contributed by atoms with Crippen LogP contribution in [-0.2, 0) is 6.54 Å². The van der Waals surface area contributed by atoms with Crippen LogP contribution in [0.5, 0.6) is 5.75 Å². The SMILES string of the molecule is COc1ccccc1NC(=O)N1CCn2cccc2[C@H]1c1ccccc1F. The highest BCUT2D eigenvalue weighted by Crippen LogP contribution is 2.34.